The summed E-state index contributed by atoms with van der Waals surface area (Å²) in [6, 6.07) is 7.46. The largest absolute Gasteiger partial charge is 0.368 e. The molecule has 1 aromatic rings. The number of nitrogens with one attached hydrogen (secondary N) is 1. The minimum absolute atomic E-state index is 0.000744. The summed E-state index contributed by atoms with van der Waals surface area (Å²) in [5.74, 6) is -0.395. The van der Waals surface area contributed by atoms with Crippen LogP contribution in [0.25, 0.3) is 0 Å². The van der Waals surface area contributed by atoms with Crippen molar-refractivity contribution < 1.29 is 9.59 Å². The fourth-order valence-electron chi connectivity index (χ4n) is 3.16. The monoisotopic (exact) mass is 273 g/mol. The Labute approximate surface area is 118 Å². The van der Waals surface area contributed by atoms with Gasteiger partial charge in [0.05, 0.1) is 6.04 Å². The fraction of sp³-hybridized carbons (Fsp3) is 0.467. The zero-order valence-corrected chi connectivity index (χ0v) is 11.3. The molecule has 1 unspecified atom stereocenters. The third kappa shape index (κ3) is 2.29. The molecule has 2 aliphatic rings. The summed E-state index contributed by atoms with van der Waals surface area (Å²) in [6.45, 7) is 1.33. The predicted octanol–water partition coefficient (Wildman–Crippen LogP) is 0.177. The van der Waals surface area contributed by atoms with Crippen molar-refractivity contribution in [1.29, 1.82) is 0 Å². The Morgan fingerprint density at radius 1 is 1.25 bits per heavy atom. The standard InChI is InChI=1S/C15H19N3O2/c16-14(19)13-6-3-7-18(13)15(20)12-8-10-4-1-2-5-11(10)9-17-12/h1-2,4-5,12-13,17H,3,6-9H2,(H2,16,19)/t12-,13?/m0/s1. The molecule has 2 heterocycles. The molecule has 0 spiro atoms. The molecule has 3 N–H and O–H groups in total. The lowest BCUT2D eigenvalue weighted by Crippen LogP contribution is -2.53. The van der Waals surface area contributed by atoms with Gasteiger partial charge in [0.2, 0.25) is 11.8 Å². The van der Waals surface area contributed by atoms with Crippen LogP contribution in [0.4, 0.5) is 0 Å². The molecule has 5 nitrogen and oxygen atoms in total. The lowest BCUT2D eigenvalue weighted by atomic mass is 9.95. The van der Waals surface area contributed by atoms with Gasteiger partial charge >= 0.3 is 0 Å². The molecule has 0 aliphatic carbocycles. The summed E-state index contributed by atoms with van der Waals surface area (Å²) >= 11 is 0. The van der Waals surface area contributed by atoms with Gasteiger partial charge in [-0.2, -0.15) is 0 Å². The van der Waals surface area contributed by atoms with Crippen LogP contribution < -0.4 is 11.1 Å². The molecule has 0 bridgehead atoms. The number of amides is 2. The second-order valence-electron chi connectivity index (χ2n) is 5.50. The molecule has 106 valence electrons. The number of primary amides is 1. The Hall–Kier alpha value is -1.88. The number of hydrogen-bond acceptors (Lipinski definition) is 3. The van der Waals surface area contributed by atoms with Crippen LogP contribution in [0.1, 0.15) is 24.0 Å². The summed E-state index contributed by atoms with van der Waals surface area (Å²) in [5, 5.41) is 3.27. The summed E-state index contributed by atoms with van der Waals surface area (Å²) < 4.78 is 0. The highest BCUT2D eigenvalue weighted by Crippen LogP contribution is 2.22. The first-order chi connectivity index (χ1) is 9.66. The minimum Gasteiger partial charge on any atom is -0.368 e. The van der Waals surface area contributed by atoms with Gasteiger partial charge in [-0.1, -0.05) is 24.3 Å². The Morgan fingerprint density at radius 2 is 2.00 bits per heavy atom. The highest BCUT2D eigenvalue weighted by atomic mass is 16.2. The summed E-state index contributed by atoms with van der Waals surface area (Å²) in [4.78, 5) is 25.6. The van der Waals surface area contributed by atoms with Gasteiger partial charge in [-0.25, -0.2) is 0 Å². The lowest BCUT2D eigenvalue weighted by Gasteiger charge is -2.31. The third-order valence-corrected chi connectivity index (χ3v) is 4.24. The number of nitrogens with two attached hydrogens (primary N) is 1. The SMILES string of the molecule is NC(=O)C1CCCN1C(=O)[C@@H]1Cc2ccccc2CN1. The molecule has 1 aromatic carbocycles. The fourth-order valence-corrected chi connectivity index (χ4v) is 3.16. The number of likely N-dealkylation sites (tertiary alicyclic amines) is 1. The van der Waals surface area contributed by atoms with Gasteiger partial charge in [0, 0.05) is 13.1 Å². The smallest absolute Gasteiger partial charge is 0.240 e. The average Bonchev–Trinajstić information content (AvgIpc) is 2.95. The van der Waals surface area contributed by atoms with Crippen molar-refractivity contribution >= 4 is 11.8 Å². The van der Waals surface area contributed by atoms with Crippen molar-refractivity contribution in [1.82, 2.24) is 10.2 Å². The van der Waals surface area contributed by atoms with E-state index in [1.165, 1.54) is 11.1 Å². The van der Waals surface area contributed by atoms with Gasteiger partial charge in [-0.05, 0) is 30.4 Å². The Kier molecular flexibility index (Phi) is 3.44. The molecule has 0 aromatic heterocycles. The molecule has 2 atom stereocenters. The van der Waals surface area contributed by atoms with Crippen molar-refractivity contribution in [3.63, 3.8) is 0 Å². The molecule has 5 heteroatoms. The highest BCUT2D eigenvalue weighted by molar-refractivity contribution is 5.90. The molecule has 20 heavy (non-hydrogen) atoms. The average molecular weight is 273 g/mol. The summed E-state index contributed by atoms with van der Waals surface area (Å²) in [6.07, 6.45) is 2.21. The van der Waals surface area contributed by atoms with E-state index < -0.39 is 11.9 Å². The number of nitrogens with zero attached hydrogens (tertiary/aromatic N) is 1. The first-order valence-electron chi connectivity index (χ1n) is 7.07. The quantitative estimate of drug-likeness (QED) is 0.807. The van der Waals surface area contributed by atoms with Crippen LogP contribution in [-0.2, 0) is 22.6 Å². The van der Waals surface area contributed by atoms with Crippen LogP contribution in [0.15, 0.2) is 24.3 Å². The van der Waals surface area contributed by atoms with Crippen LogP contribution in [-0.4, -0.2) is 35.3 Å². The van der Waals surface area contributed by atoms with Crippen LogP contribution in [0, 0.1) is 0 Å². The van der Waals surface area contributed by atoms with Crippen LogP contribution >= 0.6 is 0 Å². The molecule has 2 aliphatic heterocycles. The highest BCUT2D eigenvalue weighted by Gasteiger charge is 2.36. The number of fused-ring (bicyclic) bond motifs is 1. The number of carbonyl (C=O) groups excluding carboxylic acids is 2. The first-order valence-corrected chi connectivity index (χ1v) is 7.07. The summed E-state index contributed by atoms with van der Waals surface area (Å²) in [5.41, 5.74) is 7.83. The molecule has 0 saturated carbocycles. The van der Waals surface area contributed by atoms with Crippen molar-refractivity contribution in [2.75, 3.05) is 6.54 Å². The van der Waals surface area contributed by atoms with Crippen LogP contribution in [0.5, 0.6) is 0 Å². The van der Waals surface area contributed by atoms with Crippen molar-refractivity contribution in [2.24, 2.45) is 5.73 Å². The first kappa shape index (κ1) is 13.1. The molecule has 3 rings (SSSR count). The van der Waals surface area contributed by atoms with E-state index in [-0.39, 0.29) is 11.9 Å². The van der Waals surface area contributed by atoms with E-state index >= 15 is 0 Å². The van der Waals surface area contributed by atoms with E-state index in [0.717, 1.165) is 6.42 Å². The van der Waals surface area contributed by atoms with Crippen LogP contribution in [0.3, 0.4) is 0 Å². The van der Waals surface area contributed by atoms with Gasteiger partial charge in [0.25, 0.3) is 0 Å². The van der Waals surface area contributed by atoms with E-state index in [4.69, 9.17) is 5.73 Å². The number of rotatable bonds is 2. The van der Waals surface area contributed by atoms with Crippen molar-refractivity contribution in [3.8, 4) is 0 Å². The van der Waals surface area contributed by atoms with Gasteiger partial charge in [0.1, 0.15) is 6.04 Å². The van der Waals surface area contributed by atoms with Gasteiger partial charge in [0.15, 0.2) is 0 Å². The van der Waals surface area contributed by atoms with E-state index in [1.807, 2.05) is 12.1 Å². The maximum absolute atomic E-state index is 12.6. The molecule has 2 amide bonds. The number of carbonyl (C=O) groups is 2. The minimum atomic E-state index is -0.429. The van der Waals surface area contributed by atoms with Crippen LogP contribution in [0.2, 0.25) is 0 Å². The van der Waals surface area contributed by atoms with E-state index in [0.29, 0.717) is 25.9 Å². The Balaban J connectivity index is 1.74. The van der Waals surface area contributed by atoms with Gasteiger partial charge in [-0.15, -0.1) is 0 Å². The predicted molar refractivity (Wildman–Crippen MR) is 74.7 cm³/mol. The maximum atomic E-state index is 12.6. The number of hydrogen-bond donors (Lipinski definition) is 2. The molecule has 0 radical (unpaired) electrons. The molecule has 1 fully saturated rings. The van der Waals surface area contributed by atoms with Crippen molar-refractivity contribution in [3.05, 3.63) is 35.4 Å². The van der Waals surface area contributed by atoms with Gasteiger partial charge in [-0.3, -0.25) is 9.59 Å². The zero-order chi connectivity index (χ0) is 14.1. The maximum Gasteiger partial charge on any atom is 0.240 e. The van der Waals surface area contributed by atoms with E-state index in [9.17, 15) is 9.59 Å². The molecular weight excluding hydrogens is 254 g/mol. The topological polar surface area (TPSA) is 75.4 Å². The Morgan fingerprint density at radius 3 is 2.75 bits per heavy atom. The molecule has 1 saturated heterocycles. The van der Waals surface area contributed by atoms with E-state index in [2.05, 4.69) is 17.4 Å². The van der Waals surface area contributed by atoms with Crippen molar-refractivity contribution in [2.45, 2.75) is 37.9 Å². The van der Waals surface area contributed by atoms with Gasteiger partial charge < -0.3 is 16.0 Å². The Bertz CT molecular complexity index is 544. The third-order valence-electron chi connectivity index (χ3n) is 4.24. The second kappa shape index (κ2) is 5.25. The lowest BCUT2D eigenvalue weighted by molar-refractivity contribution is -0.139. The summed E-state index contributed by atoms with van der Waals surface area (Å²) in [7, 11) is 0. The number of benzene rings is 1. The second-order valence-corrected chi connectivity index (χ2v) is 5.50. The zero-order valence-electron chi connectivity index (χ0n) is 11.3. The molecular formula is C15H19N3O2. The van der Waals surface area contributed by atoms with E-state index in [1.54, 1.807) is 4.90 Å². The normalized spacial score (nSPS) is 25.3.